The maximum absolute atomic E-state index is 12.4. The van der Waals surface area contributed by atoms with Crippen molar-refractivity contribution in [3.8, 4) is 0 Å². The van der Waals surface area contributed by atoms with E-state index in [0.29, 0.717) is 17.9 Å². The van der Waals surface area contributed by atoms with Gasteiger partial charge in [-0.2, -0.15) is 0 Å². The average molecular weight is 542 g/mol. The summed E-state index contributed by atoms with van der Waals surface area (Å²) in [5.74, 6) is 0.256. The van der Waals surface area contributed by atoms with Crippen molar-refractivity contribution in [1.82, 2.24) is 4.98 Å². The Morgan fingerprint density at radius 1 is 1.05 bits per heavy atom. The number of aliphatic hydroxyl groups is 1. The van der Waals surface area contributed by atoms with Crippen molar-refractivity contribution in [3.05, 3.63) is 124 Å². The molecule has 1 heterocycles. The number of hydrogen-bond donors (Lipinski definition) is 1. The molecule has 5 nitrogen and oxygen atoms in total. The lowest BCUT2D eigenvalue weighted by Gasteiger charge is -2.23. The van der Waals surface area contributed by atoms with Crippen LogP contribution in [0, 0.1) is 0 Å². The van der Waals surface area contributed by atoms with Crippen molar-refractivity contribution < 1.29 is 19.4 Å². The van der Waals surface area contributed by atoms with Crippen LogP contribution in [-0.2, 0) is 21.5 Å². The summed E-state index contributed by atoms with van der Waals surface area (Å²) in [7, 11) is 0. The van der Waals surface area contributed by atoms with Gasteiger partial charge in [-0.3, -0.25) is 0 Å². The Bertz CT molecular complexity index is 1520. The van der Waals surface area contributed by atoms with Crippen LogP contribution in [0.2, 0.25) is 5.02 Å². The van der Waals surface area contributed by atoms with Crippen molar-refractivity contribution >= 4 is 40.8 Å². The second kappa shape index (κ2) is 12.3. The van der Waals surface area contributed by atoms with Gasteiger partial charge in [0.25, 0.3) is 0 Å². The highest BCUT2D eigenvalue weighted by atomic mass is 35.5. The fourth-order valence-corrected chi connectivity index (χ4v) is 4.61. The number of benzene rings is 3. The normalized spacial score (nSPS) is 12.4. The third-order valence-electron chi connectivity index (χ3n) is 6.25. The number of fused-ring (bicyclic) bond motifs is 1. The number of aryl methyl sites for hydroxylation is 1. The highest BCUT2D eigenvalue weighted by molar-refractivity contribution is 6.31. The molecule has 0 aliphatic rings. The van der Waals surface area contributed by atoms with E-state index in [-0.39, 0.29) is 5.76 Å². The fourth-order valence-electron chi connectivity index (χ4n) is 4.44. The fraction of sp³-hybridized carbons (Fsp3) is 0.212. The molecule has 200 valence electrons. The molecule has 0 unspecified atom stereocenters. The zero-order valence-corrected chi connectivity index (χ0v) is 23.1. The largest absolute Gasteiger partial charge is 0.514 e. The van der Waals surface area contributed by atoms with Gasteiger partial charge in [0.05, 0.1) is 16.8 Å². The van der Waals surface area contributed by atoms with Gasteiger partial charge in [0.2, 0.25) is 0 Å². The smallest absolute Gasteiger partial charge is 0.426 e. The Hall–Kier alpha value is -3.93. The summed E-state index contributed by atoms with van der Waals surface area (Å²) in [4.78, 5) is 17.1. The number of carbonyl (C=O) groups is 1. The van der Waals surface area contributed by atoms with E-state index >= 15 is 0 Å². The molecule has 0 amide bonds. The number of halogens is 1. The van der Waals surface area contributed by atoms with Crippen LogP contribution in [0.25, 0.3) is 23.1 Å². The second-order valence-corrected chi connectivity index (χ2v) is 10.4. The number of aromatic nitrogens is 1. The number of hydrogen-bond acceptors (Lipinski definition) is 5. The lowest BCUT2D eigenvalue weighted by Crippen LogP contribution is -2.19. The molecule has 0 fully saturated rings. The molecule has 0 saturated carbocycles. The maximum atomic E-state index is 12.4. The van der Waals surface area contributed by atoms with Gasteiger partial charge >= 0.3 is 6.16 Å². The Balaban J connectivity index is 1.58. The van der Waals surface area contributed by atoms with Crippen molar-refractivity contribution in [2.75, 3.05) is 0 Å². The van der Waals surface area contributed by atoms with E-state index in [1.165, 1.54) is 0 Å². The molecular formula is C33H32ClNO4. The Morgan fingerprint density at radius 3 is 2.59 bits per heavy atom. The van der Waals surface area contributed by atoms with Gasteiger partial charge in [-0.1, -0.05) is 78.9 Å². The van der Waals surface area contributed by atoms with E-state index in [4.69, 9.17) is 21.1 Å². The van der Waals surface area contributed by atoms with Crippen LogP contribution in [0.1, 0.15) is 61.2 Å². The van der Waals surface area contributed by atoms with Crippen LogP contribution < -0.4 is 0 Å². The second-order valence-electron chi connectivity index (χ2n) is 9.99. The van der Waals surface area contributed by atoms with E-state index in [1.54, 1.807) is 20.8 Å². The number of rotatable bonds is 9. The summed E-state index contributed by atoms with van der Waals surface area (Å²) in [6, 6.07) is 25.2. The molecule has 0 radical (unpaired) electrons. The highest BCUT2D eigenvalue weighted by Gasteiger charge is 2.23. The molecule has 0 saturated heterocycles. The minimum atomic E-state index is -0.987. The standard InChI is InChI=1S/C33H32ClNO4/c1-22(2)38-32(36)39-31(19-15-24-9-5-6-11-29(24)33(3,4)37)26-10-7-8-23(20-26)12-17-28-18-14-25-13-16-27(34)21-30(25)35-28/h5-14,16-18,20-21,31,37H,1,15,19H2,2-4H3/b17-12+/t31-/m0/s1. The van der Waals surface area contributed by atoms with E-state index in [1.807, 2.05) is 91.0 Å². The first-order valence-electron chi connectivity index (χ1n) is 12.8. The van der Waals surface area contributed by atoms with Gasteiger partial charge in [-0.15, -0.1) is 0 Å². The van der Waals surface area contributed by atoms with Gasteiger partial charge in [-0.25, -0.2) is 9.78 Å². The monoisotopic (exact) mass is 541 g/mol. The summed E-state index contributed by atoms with van der Waals surface area (Å²) >= 11 is 6.13. The highest BCUT2D eigenvalue weighted by Crippen LogP contribution is 2.30. The molecule has 4 aromatic rings. The lowest BCUT2D eigenvalue weighted by atomic mass is 9.90. The predicted molar refractivity (Wildman–Crippen MR) is 157 cm³/mol. The van der Waals surface area contributed by atoms with Crippen molar-refractivity contribution in [2.24, 2.45) is 0 Å². The number of allylic oxidation sites excluding steroid dienone is 1. The van der Waals surface area contributed by atoms with Gasteiger partial charge < -0.3 is 14.6 Å². The van der Waals surface area contributed by atoms with Crippen LogP contribution in [0.5, 0.6) is 0 Å². The number of pyridine rings is 1. The van der Waals surface area contributed by atoms with E-state index in [2.05, 4.69) is 11.6 Å². The minimum absolute atomic E-state index is 0.256. The van der Waals surface area contributed by atoms with Gasteiger partial charge in [0, 0.05) is 10.4 Å². The summed E-state index contributed by atoms with van der Waals surface area (Å²) in [5, 5.41) is 12.3. The third-order valence-corrected chi connectivity index (χ3v) is 6.49. The molecular weight excluding hydrogens is 510 g/mol. The molecule has 1 N–H and O–H groups in total. The molecule has 1 aromatic heterocycles. The molecule has 0 spiro atoms. The lowest BCUT2D eigenvalue weighted by molar-refractivity contribution is 0.0368. The summed E-state index contributed by atoms with van der Waals surface area (Å²) in [6.45, 7) is 8.74. The molecule has 39 heavy (non-hydrogen) atoms. The average Bonchev–Trinajstić information content (AvgIpc) is 2.89. The van der Waals surface area contributed by atoms with Crippen molar-refractivity contribution in [1.29, 1.82) is 0 Å². The molecule has 1 atom stereocenters. The molecule has 0 aliphatic carbocycles. The number of nitrogens with zero attached hydrogens (tertiary/aromatic N) is 1. The number of carbonyl (C=O) groups excluding carboxylic acids is 1. The molecule has 0 bridgehead atoms. The first kappa shape index (κ1) is 28.1. The molecule has 6 heteroatoms. The maximum Gasteiger partial charge on any atom is 0.514 e. The Kier molecular flexibility index (Phi) is 8.85. The predicted octanol–water partition coefficient (Wildman–Crippen LogP) is 8.65. The summed E-state index contributed by atoms with van der Waals surface area (Å²) < 4.78 is 10.8. The van der Waals surface area contributed by atoms with Crippen LogP contribution in [-0.4, -0.2) is 16.2 Å². The first-order valence-corrected chi connectivity index (χ1v) is 13.2. The SMILES string of the molecule is C=C(C)OC(=O)O[C@@H](CCc1ccccc1C(C)(C)O)c1cccc(/C=C/c2ccc3ccc(Cl)cc3n2)c1. The Morgan fingerprint density at radius 2 is 1.82 bits per heavy atom. The third kappa shape index (κ3) is 7.79. The summed E-state index contributed by atoms with van der Waals surface area (Å²) in [6.07, 6.45) is 3.62. The van der Waals surface area contributed by atoms with E-state index < -0.39 is 17.9 Å². The van der Waals surface area contributed by atoms with E-state index in [9.17, 15) is 9.90 Å². The minimum Gasteiger partial charge on any atom is -0.426 e. The number of ether oxygens (including phenoxy) is 2. The molecule has 3 aromatic carbocycles. The van der Waals surface area contributed by atoms with Gasteiger partial charge in [0.1, 0.15) is 11.9 Å². The van der Waals surface area contributed by atoms with Crippen LogP contribution in [0.4, 0.5) is 4.79 Å². The van der Waals surface area contributed by atoms with Crippen molar-refractivity contribution in [2.45, 2.75) is 45.3 Å². The molecule has 4 rings (SSSR count). The van der Waals surface area contributed by atoms with Crippen LogP contribution >= 0.6 is 11.6 Å². The molecule has 0 aliphatic heterocycles. The zero-order valence-electron chi connectivity index (χ0n) is 22.4. The van der Waals surface area contributed by atoms with E-state index in [0.717, 1.165) is 38.9 Å². The van der Waals surface area contributed by atoms with Gasteiger partial charge in [0.15, 0.2) is 0 Å². The summed E-state index contributed by atoms with van der Waals surface area (Å²) in [5.41, 5.74) is 4.23. The van der Waals surface area contributed by atoms with Gasteiger partial charge in [-0.05, 0) is 86.2 Å². The first-order chi connectivity index (χ1) is 18.6. The topological polar surface area (TPSA) is 68.7 Å². The van der Waals surface area contributed by atoms with Crippen molar-refractivity contribution in [3.63, 3.8) is 0 Å². The van der Waals surface area contributed by atoms with Crippen LogP contribution in [0.3, 0.4) is 0 Å². The zero-order chi connectivity index (χ0) is 28.0. The Labute approximate surface area is 234 Å². The quantitative estimate of drug-likeness (QED) is 0.169. The van der Waals surface area contributed by atoms with Crippen LogP contribution in [0.15, 0.2) is 91.2 Å².